The number of nitrogens with one attached hydrogen (secondary N) is 1. The first-order valence-electron chi connectivity index (χ1n) is 5.81. The van der Waals surface area contributed by atoms with Crippen molar-refractivity contribution in [3.8, 4) is 11.3 Å². The van der Waals surface area contributed by atoms with E-state index in [0.29, 0.717) is 25.3 Å². The highest BCUT2D eigenvalue weighted by molar-refractivity contribution is 5.62. The van der Waals surface area contributed by atoms with E-state index < -0.39 is 11.6 Å². The molecule has 4 nitrogen and oxygen atoms in total. The summed E-state index contributed by atoms with van der Waals surface area (Å²) >= 11 is 0. The molecule has 0 aliphatic heterocycles. The zero-order valence-electron chi connectivity index (χ0n) is 10.5. The van der Waals surface area contributed by atoms with Crippen LogP contribution in [-0.2, 0) is 11.3 Å². The van der Waals surface area contributed by atoms with Crippen LogP contribution in [0.25, 0.3) is 11.3 Å². The predicted octanol–water partition coefficient (Wildman–Crippen LogP) is 2.36. The lowest BCUT2D eigenvalue weighted by Crippen LogP contribution is -2.18. The molecule has 1 N–H and O–H groups in total. The summed E-state index contributed by atoms with van der Waals surface area (Å²) in [5.41, 5.74) is 0.406. The van der Waals surface area contributed by atoms with E-state index >= 15 is 0 Å². The Balaban J connectivity index is 2.19. The summed E-state index contributed by atoms with van der Waals surface area (Å²) in [5.74, 6) is -1.23. The molecule has 0 amide bonds. The van der Waals surface area contributed by atoms with Gasteiger partial charge in [-0.2, -0.15) is 0 Å². The molecule has 0 bridgehead atoms. The van der Waals surface area contributed by atoms with Gasteiger partial charge in [0.05, 0.1) is 18.4 Å². The first-order chi connectivity index (χ1) is 9.24. The molecule has 1 aromatic heterocycles. The standard InChI is InChI=1S/C13H14F2N2O2/c1-18-6-5-16-7-9-8-17-19-13(9)12-10(14)3-2-4-11(12)15/h2-4,8,16H,5-7H2,1H3. The second kappa shape index (κ2) is 6.40. The van der Waals surface area contributed by atoms with Crippen LogP contribution in [0.1, 0.15) is 5.56 Å². The molecular formula is C13H14F2N2O2. The van der Waals surface area contributed by atoms with Gasteiger partial charge in [-0.25, -0.2) is 8.78 Å². The number of rotatable bonds is 6. The topological polar surface area (TPSA) is 47.3 Å². The molecule has 2 rings (SSSR count). The molecule has 0 radical (unpaired) electrons. The maximum atomic E-state index is 13.7. The van der Waals surface area contributed by atoms with Crippen molar-refractivity contribution in [1.82, 2.24) is 10.5 Å². The Hall–Kier alpha value is -1.79. The van der Waals surface area contributed by atoms with Gasteiger partial charge < -0.3 is 14.6 Å². The smallest absolute Gasteiger partial charge is 0.177 e. The summed E-state index contributed by atoms with van der Waals surface area (Å²) in [4.78, 5) is 0. The number of methoxy groups -OCH3 is 1. The van der Waals surface area contributed by atoms with Crippen molar-refractivity contribution < 1.29 is 18.0 Å². The highest BCUT2D eigenvalue weighted by atomic mass is 19.1. The lowest BCUT2D eigenvalue weighted by atomic mass is 10.1. The van der Waals surface area contributed by atoms with Crippen molar-refractivity contribution in [1.29, 1.82) is 0 Å². The SMILES string of the molecule is COCCNCc1cnoc1-c1c(F)cccc1F. The average Bonchev–Trinajstić information content (AvgIpc) is 2.83. The summed E-state index contributed by atoms with van der Waals surface area (Å²) in [6, 6.07) is 3.67. The average molecular weight is 268 g/mol. The molecule has 102 valence electrons. The van der Waals surface area contributed by atoms with Crippen molar-refractivity contribution in [2.75, 3.05) is 20.3 Å². The minimum atomic E-state index is -0.671. The largest absolute Gasteiger partial charge is 0.383 e. The third kappa shape index (κ3) is 3.15. The fraction of sp³-hybridized carbons (Fsp3) is 0.308. The van der Waals surface area contributed by atoms with Crippen LogP contribution in [0.15, 0.2) is 28.9 Å². The summed E-state index contributed by atoms with van der Waals surface area (Å²) in [7, 11) is 1.60. The molecule has 0 saturated carbocycles. The fourth-order valence-corrected chi connectivity index (χ4v) is 1.70. The lowest BCUT2D eigenvalue weighted by molar-refractivity contribution is 0.199. The molecule has 2 aromatic rings. The van der Waals surface area contributed by atoms with Crippen LogP contribution in [0.4, 0.5) is 8.78 Å². The van der Waals surface area contributed by atoms with Crippen LogP contribution < -0.4 is 5.32 Å². The molecule has 0 unspecified atom stereocenters. The molecule has 0 spiro atoms. The van der Waals surface area contributed by atoms with Gasteiger partial charge in [0.15, 0.2) is 5.76 Å². The molecule has 6 heteroatoms. The van der Waals surface area contributed by atoms with Crippen molar-refractivity contribution in [2.45, 2.75) is 6.54 Å². The monoisotopic (exact) mass is 268 g/mol. The Morgan fingerprint density at radius 2 is 2.05 bits per heavy atom. The van der Waals surface area contributed by atoms with Crippen molar-refractivity contribution in [3.63, 3.8) is 0 Å². The van der Waals surface area contributed by atoms with Gasteiger partial charge in [-0.1, -0.05) is 11.2 Å². The van der Waals surface area contributed by atoms with E-state index in [2.05, 4.69) is 10.5 Å². The quantitative estimate of drug-likeness (QED) is 0.817. The zero-order chi connectivity index (χ0) is 13.7. The number of benzene rings is 1. The van der Waals surface area contributed by atoms with Gasteiger partial charge in [0.1, 0.15) is 11.6 Å². The first-order valence-corrected chi connectivity index (χ1v) is 5.81. The molecule has 19 heavy (non-hydrogen) atoms. The maximum absolute atomic E-state index is 13.7. The first kappa shape index (κ1) is 13.6. The summed E-state index contributed by atoms with van der Waals surface area (Å²) in [5, 5.41) is 6.67. The van der Waals surface area contributed by atoms with Gasteiger partial charge in [0.25, 0.3) is 0 Å². The number of nitrogens with zero attached hydrogens (tertiary/aromatic N) is 1. The Bertz CT molecular complexity index is 523. The predicted molar refractivity (Wildman–Crippen MR) is 65.4 cm³/mol. The summed E-state index contributed by atoms with van der Waals surface area (Å²) < 4.78 is 37.2. The number of hydrogen-bond donors (Lipinski definition) is 1. The van der Waals surface area contributed by atoms with Crippen molar-refractivity contribution in [3.05, 3.63) is 41.6 Å². The van der Waals surface area contributed by atoms with Crippen LogP contribution in [0.5, 0.6) is 0 Å². The Kier molecular flexibility index (Phi) is 4.59. The van der Waals surface area contributed by atoms with Gasteiger partial charge in [-0.3, -0.25) is 0 Å². The van der Waals surface area contributed by atoms with E-state index in [0.717, 1.165) is 0 Å². The second-order valence-corrected chi connectivity index (χ2v) is 3.95. The highest BCUT2D eigenvalue weighted by Crippen LogP contribution is 2.28. The molecule has 0 saturated heterocycles. The third-order valence-electron chi connectivity index (χ3n) is 2.63. The fourth-order valence-electron chi connectivity index (χ4n) is 1.70. The number of aromatic nitrogens is 1. The van der Waals surface area contributed by atoms with Gasteiger partial charge >= 0.3 is 0 Å². The Labute approximate surface area is 109 Å². The maximum Gasteiger partial charge on any atom is 0.177 e. The van der Waals surface area contributed by atoms with Gasteiger partial charge in [0.2, 0.25) is 0 Å². The van der Waals surface area contributed by atoms with Crippen LogP contribution in [-0.4, -0.2) is 25.4 Å². The minimum Gasteiger partial charge on any atom is -0.383 e. The number of hydrogen-bond acceptors (Lipinski definition) is 4. The molecule has 0 fully saturated rings. The van der Waals surface area contributed by atoms with Crippen molar-refractivity contribution in [2.24, 2.45) is 0 Å². The van der Waals surface area contributed by atoms with Crippen molar-refractivity contribution >= 4 is 0 Å². The van der Waals surface area contributed by atoms with Gasteiger partial charge in [-0.05, 0) is 12.1 Å². The highest BCUT2D eigenvalue weighted by Gasteiger charge is 2.18. The Morgan fingerprint density at radius 3 is 2.74 bits per heavy atom. The van der Waals surface area contributed by atoms with Crippen LogP contribution in [0, 0.1) is 11.6 Å². The molecule has 1 aromatic carbocycles. The van der Waals surface area contributed by atoms with E-state index in [-0.39, 0.29) is 11.3 Å². The summed E-state index contributed by atoms with van der Waals surface area (Å²) in [6.07, 6.45) is 1.45. The molecule has 0 aliphatic rings. The Morgan fingerprint density at radius 1 is 1.32 bits per heavy atom. The summed E-state index contributed by atoms with van der Waals surface area (Å²) in [6.45, 7) is 1.57. The molecule has 1 heterocycles. The normalized spacial score (nSPS) is 10.9. The van der Waals surface area contributed by atoms with E-state index in [4.69, 9.17) is 9.26 Å². The molecule has 0 atom stereocenters. The van der Waals surface area contributed by atoms with Crippen LogP contribution in [0.3, 0.4) is 0 Å². The van der Waals surface area contributed by atoms with Crippen LogP contribution >= 0.6 is 0 Å². The van der Waals surface area contributed by atoms with E-state index in [9.17, 15) is 8.78 Å². The molecule has 0 aliphatic carbocycles. The van der Waals surface area contributed by atoms with E-state index in [1.165, 1.54) is 24.4 Å². The van der Waals surface area contributed by atoms with E-state index in [1.807, 2.05) is 0 Å². The zero-order valence-corrected chi connectivity index (χ0v) is 10.5. The number of ether oxygens (including phenoxy) is 1. The van der Waals surface area contributed by atoms with Gasteiger partial charge in [0, 0.05) is 25.8 Å². The third-order valence-corrected chi connectivity index (χ3v) is 2.63. The second-order valence-electron chi connectivity index (χ2n) is 3.95. The minimum absolute atomic E-state index is 0.112. The lowest BCUT2D eigenvalue weighted by Gasteiger charge is -2.05. The van der Waals surface area contributed by atoms with E-state index in [1.54, 1.807) is 7.11 Å². The van der Waals surface area contributed by atoms with Crippen LogP contribution in [0.2, 0.25) is 0 Å². The molecular weight excluding hydrogens is 254 g/mol. The number of halogens is 2. The van der Waals surface area contributed by atoms with Gasteiger partial charge in [-0.15, -0.1) is 0 Å².